The first-order valence-electron chi connectivity index (χ1n) is 9.23. The van der Waals surface area contributed by atoms with E-state index in [9.17, 15) is 9.59 Å². The zero-order chi connectivity index (χ0) is 22.3. The molecule has 1 N–H and O–H groups in total. The summed E-state index contributed by atoms with van der Waals surface area (Å²) < 4.78 is 6.30. The Morgan fingerprint density at radius 1 is 1.13 bits per heavy atom. The molecule has 0 spiro atoms. The normalized spacial score (nSPS) is 15.2. The maximum absolute atomic E-state index is 13.0. The van der Waals surface area contributed by atoms with Crippen LogP contribution in [0.25, 0.3) is 17.4 Å². The van der Waals surface area contributed by atoms with Crippen LogP contribution >= 0.6 is 35.6 Å². The molecule has 4 rings (SSSR count). The largest absolute Gasteiger partial charge is 0.478 e. The van der Waals surface area contributed by atoms with Crippen molar-refractivity contribution in [1.82, 2.24) is 0 Å². The van der Waals surface area contributed by atoms with Crippen LogP contribution in [0.1, 0.15) is 27.2 Å². The third kappa shape index (κ3) is 4.17. The van der Waals surface area contributed by atoms with Gasteiger partial charge in [0.1, 0.15) is 11.5 Å². The van der Waals surface area contributed by atoms with Crippen molar-refractivity contribution < 1.29 is 19.1 Å². The first-order chi connectivity index (χ1) is 14.7. The molecule has 3 aromatic rings. The number of hydrogen-bond acceptors (Lipinski definition) is 5. The Kier molecular flexibility index (Phi) is 5.75. The van der Waals surface area contributed by atoms with Gasteiger partial charge in [0.05, 0.1) is 21.2 Å². The van der Waals surface area contributed by atoms with Crippen LogP contribution in [0.15, 0.2) is 57.9 Å². The lowest BCUT2D eigenvalue weighted by Crippen LogP contribution is -2.27. The lowest BCUT2D eigenvalue weighted by atomic mass is 10.1. The van der Waals surface area contributed by atoms with Crippen LogP contribution in [0, 0.1) is 13.8 Å². The maximum Gasteiger partial charge on any atom is 0.337 e. The number of carboxylic acid groups (broad SMARTS) is 1. The zero-order valence-electron chi connectivity index (χ0n) is 16.5. The fourth-order valence-electron chi connectivity index (χ4n) is 3.11. The standard InChI is InChI=1S/C23H16ClNO4S2/c1-12-3-5-15(9-13(12)2)25-21(26)20(31-23(25)30)11-16-6-8-19(29-16)14-4-7-17(22(27)28)18(24)10-14/h3-11H,1-2H3,(H,27,28)/b20-11-. The van der Waals surface area contributed by atoms with Gasteiger partial charge in [-0.25, -0.2) is 4.79 Å². The molecule has 1 amide bonds. The lowest BCUT2D eigenvalue weighted by Gasteiger charge is -2.15. The first-order valence-corrected chi connectivity index (χ1v) is 10.8. The van der Waals surface area contributed by atoms with Gasteiger partial charge in [0, 0.05) is 11.6 Å². The predicted molar refractivity (Wildman–Crippen MR) is 128 cm³/mol. The van der Waals surface area contributed by atoms with Crippen LogP contribution in [-0.4, -0.2) is 21.3 Å². The molecule has 156 valence electrons. The van der Waals surface area contributed by atoms with Gasteiger partial charge in [-0.1, -0.05) is 47.7 Å². The molecular weight excluding hydrogens is 454 g/mol. The number of hydrogen-bond donors (Lipinski definition) is 1. The van der Waals surface area contributed by atoms with Gasteiger partial charge in [-0.05, 0) is 61.4 Å². The highest BCUT2D eigenvalue weighted by Crippen LogP contribution is 2.37. The van der Waals surface area contributed by atoms with Gasteiger partial charge in [0.25, 0.3) is 5.91 Å². The number of amides is 1. The number of halogens is 1. The van der Waals surface area contributed by atoms with Crippen LogP contribution in [-0.2, 0) is 4.79 Å². The monoisotopic (exact) mass is 469 g/mol. The average molecular weight is 470 g/mol. The Bertz CT molecular complexity index is 1280. The quantitative estimate of drug-likeness (QED) is 0.356. The van der Waals surface area contributed by atoms with Gasteiger partial charge < -0.3 is 9.52 Å². The molecule has 1 aromatic heterocycles. The van der Waals surface area contributed by atoms with Crippen LogP contribution in [0.3, 0.4) is 0 Å². The second-order valence-corrected chi connectivity index (χ2v) is 9.07. The van der Waals surface area contributed by atoms with Gasteiger partial charge in [0.15, 0.2) is 4.32 Å². The van der Waals surface area contributed by atoms with E-state index in [-0.39, 0.29) is 16.5 Å². The van der Waals surface area contributed by atoms with Crippen molar-refractivity contribution in [2.45, 2.75) is 13.8 Å². The van der Waals surface area contributed by atoms with Crippen LogP contribution in [0.5, 0.6) is 0 Å². The number of aryl methyl sites for hydroxylation is 2. The van der Waals surface area contributed by atoms with Crippen molar-refractivity contribution >= 4 is 63.5 Å². The number of furan rings is 1. The summed E-state index contributed by atoms with van der Waals surface area (Å²) in [4.78, 5) is 26.1. The van der Waals surface area contributed by atoms with Crippen molar-refractivity contribution in [3.63, 3.8) is 0 Å². The number of benzene rings is 2. The van der Waals surface area contributed by atoms with E-state index < -0.39 is 5.97 Å². The molecule has 5 nitrogen and oxygen atoms in total. The fourth-order valence-corrected chi connectivity index (χ4v) is 4.65. The summed E-state index contributed by atoms with van der Waals surface area (Å²) in [5.41, 5.74) is 3.62. The highest BCUT2D eigenvalue weighted by Gasteiger charge is 2.33. The maximum atomic E-state index is 13.0. The highest BCUT2D eigenvalue weighted by molar-refractivity contribution is 8.27. The first kappa shape index (κ1) is 21.4. The van der Waals surface area contributed by atoms with Crippen molar-refractivity contribution in [2.75, 3.05) is 4.90 Å². The molecule has 0 unspecified atom stereocenters. The van der Waals surface area contributed by atoms with Gasteiger partial charge in [-0.3, -0.25) is 9.69 Å². The number of anilines is 1. The van der Waals surface area contributed by atoms with E-state index in [1.54, 1.807) is 24.3 Å². The molecule has 31 heavy (non-hydrogen) atoms. The Hall–Kier alpha value is -2.87. The highest BCUT2D eigenvalue weighted by atomic mass is 35.5. The average Bonchev–Trinajstić information content (AvgIpc) is 3.28. The Morgan fingerprint density at radius 3 is 2.58 bits per heavy atom. The molecule has 0 saturated carbocycles. The minimum Gasteiger partial charge on any atom is -0.478 e. The Labute approximate surface area is 193 Å². The molecule has 2 aromatic carbocycles. The molecule has 2 heterocycles. The summed E-state index contributed by atoms with van der Waals surface area (Å²) in [6.07, 6.45) is 1.65. The number of thioether (sulfide) groups is 1. The van der Waals surface area contributed by atoms with E-state index in [0.29, 0.717) is 26.3 Å². The second kappa shape index (κ2) is 8.34. The molecule has 8 heteroatoms. The molecule has 1 aliphatic rings. The molecular formula is C23H16ClNO4S2. The number of aromatic carboxylic acids is 1. The summed E-state index contributed by atoms with van der Waals surface area (Å²) in [6, 6.07) is 13.8. The molecule has 0 radical (unpaired) electrons. The van der Waals surface area contributed by atoms with E-state index in [2.05, 4.69) is 0 Å². The number of carbonyl (C=O) groups excluding carboxylic acids is 1. The molecule has 1 fully saturated rings. The number of thiocarbonyl (C=S) groups is 1. The summed E-state index contributed by atoms with van der Waals surface area (Å²) in [5.74, 6) is -0.309. The fraction of sp³-hybridized carbons (Fsp3) is 0.0870. The molecule has 0 aliphatic carbocycles. The summed E-state index contributed by atoms with van der Waals surface area (Å²) >= 11 is 12.7. The van der Waals surface area contributed by atoms with E-state index in [4.69, 9.17) is 33.3 Å². The molecule has 1 saturated heterocycles. The SMILES string of the molecule is Cc1ccc(N2C(=O)/C(=C/c3ccc(-c4ccc(C(=O)O)c(Cl)c4)o3)SC2=S)cc1C. The molecule has 0 atom stereocenters. The smallest absolute Gasteiger partial charge is 0.337 e. The van der Waals surface area contributed by atoms with E-state index in [1.165, 1.54) is 28.8 Å². The van der Waals surface area contributed by atoms with Gasteiger partial charge in [0.2, 0.25) is 0 Å². The van der Waals surface area contributed by atoms with Gasteiger partial charge >= 0.3 is 5.97 Å². The van der Waals surface area contributed by atoms with Crippen LogP contribution < -0.4 is 4.90 Å². The van der Waals surface area contributed by atoms with Gasteiger partial charge in [-0.15, -0.1) is 0 Å². The minimum atomic E-state index is -1.09. The third-order valence-corrected chi connectivity index (χ3v) is 6.54. The minimum absolute atomic E-state index is 0.0206. The Morgan fingerprint density at radius 2 is 1.90 bits per heavy atom. The summed E-state index contributed by atoms with van der Waals surface area (Å²) in [6.45, 7) is 4.01. The second-order valence-electron chi connectivity index (χ2n) is 6.99. The number of carboxylic acids is 1. The van der Waals surface area contributed by atoms with E-state index in [1.807, 2.05) is 32.0 Å². The lowest BCUT2D eigenvalue weighted by molar-refractivity contribution is -0.113. The van der Waals surface area contributed by atoms with Crippen LogP contribution in [0.4, 0.5) is 5.69 Å². The van der Waals surface area contributed by atoms with Gasteiger partial charge in [-0.2, -0.15) is 0 Å². The third-order valence-electron chi connectivity index (χ3n) is 4.93. The Balaban J connectivity index is 1.60. The zero-order valence-corrected chi connectivity index (χ0v) is 18.9. The van der Waals surface area contributed by atoms with E-state index in [0.717, 1.165) is 16.8 Å². The molecule has 0 bridgehead atoms. The number of rotatable bonds is 4. The number of carbonyl (C=O) groups is 2. The molecule has 1 aliphatic heterocycles. The number of nitrogens with zero attached hydrogens (tertiary/aromatic N) is 1. The van der Waals surface area contributed by atoms with Crippen molar-refractivity contribution in [3.8, 4) is 11.3 Å². The predicted octanol–water partition coefficient (Wildman–Crippen LogP) is 6.32. The van der Waals surface area contributed by atoms with Crippen molar-refractivity contribution in [2.24, 2.45) is 0 Å². The van der Waals surface area contributed by atoms with Crippen LogP contribution in [0.2, 0.25) is 5.02 Å². The topological polar surface area (TPSA) is 70.8 Å². The van der Waals surface area contributed by atoms with Crippen molar-refractivity contribution in [1.29, 1.82) is 0 Å². The summed E-state index contributed by atoms with van der Waals surface area (Å²) in [7, 11) is 0. The van der Waals surface area contributed by atoms with E-state index >= 15 is 0 Å². The van der Waals surface area contributed by atoms with Crippen molar-refractivity contribution in [3.05, 3.63) is 80.9 Å². The summed E-state index contributed by atoms with van der Waals surface area (Å²) in [5, 5.41) is 9.23.